The van der Waals surface area contributed by atoms with Gasteiger partial charge in [0.2, 0.25) is 0 Å². The summed E-state index contributed by atoms with van der Waals surface area (Å²) in [5.41, 5.74) is 11.4. The summed E-state index contributed by atoms with van der Waals surface area (Å²) in [4.78, 5) is 12.6. The minimum Gasteiger partial charge on any atom is -0.398 e. The molecule has 0 saturated heterocycles. The molecule has 0 aromatic heterocycles. The zero-order valence-electron chi connectivity index (χ0n) is 12.4. The van der Waals surface area contributed by atoms with Gasteiger partial charge in [-0.1, -0.05) is 37.6 Å². The van der Waals surface area contributed by atoms with E-state index in [-0.39, 0.29) is 5.78 Å². The number of benzene rings is 2. The molecule has 0 unspecified atom stereocenters. The lowest BCUT2D eigenvalue weighted by molar-refractivity contribution is 0.103. The van der Waals surface area contributed by atoms with Gasteiger partial charge in [0.05, 0.1) is 0 Å². The van der Waals surface area contributed by atoms with Crippen LogP contribution < -0.4 is 5.73 Å². The average Bonchev–Trinajstić information content (AvgIpc) is 2.48. The first-order valence-corrected chi connectivity index (χ1v) is 7.09. The van der Waals surface area contributed by atoms with E-state index in [0.717, 1.165) is 24.0 Å². The van der Waals surface area contributed by atoms with Gasteiger partial charge >= 0.3 is 0 Å². The number of ketones is 1. The van der Waals surface area contributed by atoms with Gasteiger partial charge in [-0.3, -0.25) is 4.79 Å². The number of aryl methyl sites for hydroxylation is 3. The Balaban J connectivity index is 2.45. The van der Waals surface area contributed by atoms with Crippen LogP contribution in [0.3, 0.4) is 0 Å². The Morgan fingerprint density at radius 3 is 2.35 bits per heavy atom. The molecule has 0 atom stereocenters. The Morgan fingerprint density at radius 1 is 1.00 bits per heavy atom. The van der Waals surface area contributed by atoms with E-state index in [1.54, 1.807) is 6.07 Å². The van der Waals surface area contributed by atoms with Crippen molar-refractivity contribution < 1.29 is 4.79 Å². The van der Waals surface area contributed by atoms with Gasteiger partial charge < -0.3 is 5.73 Å². The van der Waals surface area contributed by atoms with E-state index < -0.39 is 0 Å². The first-order valence-electron chi connectivity index (χ1n) is 7.09. The Kier molecular flexibility index (Phi) is 4.23. The Bertz CT molecular complexity index is 644. The topological polar surface area (TPSA) is 43.1 Å². The molecule has 0 radical (unpaired) electrons. The lowest BCUT2D eigenvalue weighted by Crippen LogP contribution is -2.07. The second-order valence-corrected chi connectivity index (χ2v) is 5.11. The normalized spacial score (nSPS) is 10.6. The van der Waals surface area contributed by atoms with Crippen molar-refractivity contribution in [3.8, 4) is 0 Å². The van der Waals surface area contributed by atoms with Gasteiger partial charge in [0.1, 0.15) is 0 Å². The predicted octanol–water partition coefficient (Wildman–Crippen LogP) is 3.93. The van der Waals surface area contributed by atoms with Gasteiger partial charge in [-0.25, -0.2) is 0 Å². The Labute approximate surface area is 120 Å². The molecular formula is C18H21NO. The molecule has 0 aliphatic heterocycles. The highest BCUT2D eigenvalue weighted by atomic mass is 16.1. The molecular weight excluding hydrogens is 246 g/mol. The van der Waals surface area contributed by atoms with Crippen molar-refractivity contribution in [2.75, 3.05) is 5.73 Å². The summed E-state index contributed by atoms with van der Waals surface area (Å²) in [6.07, 6.45) is 1.93. The summed E-state index contributed by atoms with van der Waals surface area (Å²) in [5, 5.41) is 0. The lowest BCUT2D eigenvalue weighted by Gasteiger charge is -2.10. The maximum atomic E-state index is 12.6. The molecule has 2 nitrogen and oxygen atoms in total. The number of rotatable bonds is 4. The van der Waals surface area contributed by atoms with Gasteiger partial charge in [-0.15, -0.1) is 0 Å². The van der Waals surface area contributed by atoms with E-state index in [0.29, 0.717) is 11.3 Å². The summed E-state index contributed by atoms with van der Waals surface area (Å²) in [7, 11) is 0. The van der Waals surface area contributed by atoms with Crippen LogP contribution in [-0.2, 0) is 12.8 Å². The molecule has 2 N–H and O–H groups in total. The molecule has 104 valence electrons. The van der Waals surface area contributed by atoms with Crippen LogP contribution in [0.15, 0.2) is 36.4 Å². The van der Waals surface area contributed by atoms with Crippen LogP contribution in [0.2, 0.25) is 0 Å². The quantitative estimate of drug-likeness (QED) is 0.673. The van der Waals surface area contributed by atoms with Crippen molar-refractivity contribution in [1.82, 2.24) is 0 Å². The maximum absolute atomic E-state index is 12.6. The van der Waals surface area contributed by atoms with E-state index >= 15 is 0 Å². The van der Waals surface area contributed by atoms with Crippen LogP contribution in [0.4, 0.5) is 5.69 Å². The second-order valence-electron chi connectivity index (χ2n) is 5.11. The number of carbonyl (C=O) groups is 1. The minimum atomic E-state index is 0.00329. The molecule has 0 saturated carbocycles. The van der Waals surface area contributed by atoms with Crippen LogP contribution in [0, 0.1) is 6.92 Å². The standard InChI is InChI=1S/C18H21NO/c1-4-13-7-8-15(11-14(13)5-2)18(20)16-10-12(3)6-9-17(16)19/h6-11H,4-5,19H2,1-3H3. The number of nitrogen functional groups attached to an aromatic ring is 1. The number of carbonyl (C=O) groups excluding carboxylic acids is 1. The van der Waals surface area contributed by atoms with E-state index in [9.17, 15) is 4.79 Å². The molecule has 20 heavy (non-hydrogen) atoms. The summed E-state index contributed by atoms with van der Waals surface area (Å²) in [5.74, 6) is 0.00329. The number of hydrogen-bond donors (Lipinski definition) is 1. The summed E-state index contributed by atoms with van der Waals surface area (Å²) >= 11 is 0. The lowest BCUT2D eigenvalue weighted by atomic mass is 9.95. The first kappa shape index (κ1) is 14.3. The van der Waals surface area contributed by atoms with Gasteiger partial charge in [0, 0.05) is 16.8 Å². The van der Waals surface area contributed by atoms with Crippen molar-refractivity contribution in [3.63, 3.8) is 0 Å². The third-order valence-corrected chi connectivity index (χ3v) is 3.68. The monoisotopic (exact) mass is 267 g/mol. The largest absolute Gasteiger partial charge is 0.398 e. The molecule has 2 aromatic carbocycles. The predicted molar refractivity (Wildman–Crippen MR) is 84.2 cm³/mol. The maximum Gasteiger partial charge on any atom is 0.195 e. The summed E-state index contributed by atoms with van der Waals surface area (Å²) in [6, 6.07) is 11.5. The van der Waals surface area contributed by atoms with Crippen LogP contribution >= 0.6 is 0 Å². The average molecular weight is 267 g/mol. The highest BCUT2D eigenvalue weighted by molar-refractivity contribution is 6.12. The minimum absolute atomic E-state index is 0.00329. The molecule has 0 bridgehead atoms. The molecule has 0 aliphatic rings. The highest BCUT2D eigenvalue weighted by Gasteiger charge is 2.14. The van der Waals surface area contributed by atoms with Crippen molar-refractivity contribution in [2.45, 2.75) is 33.6 Å². The molecule has 0 fully saturated rings. The van der Waals surface area contributed by atoms with Crippen LogP contribution in [-0.4, -0.2) is 5.78 Å². The molecule has 2 aromatic rings. The molecule has 0 heterocycles. The summed E-state index contributed by atoms with van der Waals surface area (Å²) in [6.45, 7) is 6.21. The van der Waals surface area contributed by atoms with E-state index in [1.165, 1.54) is 11.1 Å². The third kappa shape index (κ3) is 2.74. The number of hydrogen-bond acceptors (Lipinski definition) is 2. The zero-order chi connectivity index (χ0) is 14.7. The molecule has 0 aliphatic carbocycles. The van der Waals surface area contributed by atoms with E-state index in [4.69, 9.17) is 5.73 Å². The number of nitrogens with two attached hydrogens (primary N) is 1. The van der Waals surface area contributed by atoms with Crippen molar-refractivity contribution in [3.05, 3.63) is 64.2 Å². The van der Waals surface area contributed by atoms with Crippen molar-refractivity contribution >= 4 is 11.5 Å². The Hall–Kier alpha value is -2.09. The van der Waals surface area contributed by atoms with Crippen LogP contribution in [0.25, 0.3) is 0 Å². The van der Waals surface area contributed by atoms with E-state index in [1.807, 2.05) is 31.2 Å². The molecule has 2 heteroatoms. The summed E-state index contributed by atoms with van der Waals surface area (Å²) < 4.78 is 0. The molecule has 2 rings (SSSR count). The number of anilines is 1. The SMILES string of the molecule is CCc1ccc(C(=O)c2cc(C)ccc2N)cc1CC. The fourth-order valence-corrected chi connectivity index (χ4v) is 2.46. The van der Waals surface area contributed by atoms with Crippen LogP contribution in [0.1, 0.15) is 46.5 Å². The van der Waals surface area contributed by atoms with Crippen LogP contribution in [0.5, 0.6) is 0 Å². The third-order valence-electron chi connectivity index (χ3n) is 3.68. The zero-order valence-corrected chi connectivity index (χ0v) is 12.4. The van der Waals surface area contributed by atoms with Gasteiger partial charge in [0.15, 0.2) is 5.78 Å². The van der Waals surface area contributed by atoms with Gasteiger partial charge in [-0.05, 0) is 49.1 Å². The van der Waals surface area contributed by atoms with Gasteiger partial charge in [0.25, 0.3) is 0 Å². The highest BCUT2D eigenvalue weighted by Crippen LogP contribution is 2.21. The van der Waals surface area contributed by atoms with Crippen molar-refractivity contribution in [2.24, 2.45) is 0 Å². The molecule has 0 amide bonds. The fraction of sp³-hybridized carbons (Fsp3) is 0.278. The smallest absolute Gasteiger partial charge is 0.195 e. The second kappa shape index (κ2) is 5.91. The Morgan fingerprint density at radius 2 is 1.70 bits per heavy atom. The van der Waals surface area contributed by atoms with Gasteiger partial charge in [-0.2, -0.15) is 0 Å². The molecule has 0 spiro atoms. The van der Waals surface area contributed by atoms with E-state index in [2.05, 4.69) is 19.9 Å². The first-order chi connectivity index (χ1) is 9.56. The fourth-order valence-electron chi connectivity index (χ4n) is 2.46. The van der Waals surface area contributed by atoms with Crippen molar-refractivity contribution in [1.29, 1.82) is 0 Å².